The summed E-state index contributed by atoms with van der Waals surface area (Å²) in [4.78, 5) is 17.9. The Hall–Kier alpha value is -2.90. The van der Waals surface area contributed by atoms with Crippen LogP contribution >= 0.6 is 0 Å². The van der Waals surface area contributed by atoms with Crippen LogP contribution in [0.3, 0.4) is 0 Å². The Kier molecular flexibility index (Phi) is 7.30. The second-order valence-electron chi connectivity index (χ2n) is 9.93. The quantitative estimate of drug-likeness (QED) is 0.464. The van der Waals surface area contributed by atoms with Gasteiger partial charge in [0.25, 0.3) is 5.56 Å². The smallest absolute Gasteiger partial charge is 0.252 e. The number of nitrogens with one attached hydrogen (secondary N) is 1. The maximum Gasteiger partial charge on any atom is 0.252 e. The molecule has 2 heterocycles. The fraction of sp³-hybridized carbons (Fsp3) is 0.448. The van der Waals surface area contributed by atoms with Crippen molar-refractivity contribution in [2.75, 3.05) is 13.1 Å². The molecule has 1 aliphatic rings. The van der Waals surface area contributed by atoms with Crippen LogP contribution in [0.15, 0.2) is 65.5 Å². The third-order valence-electron chi connectivity index (χ3n) is 7.59. The average Bonchev–Trinajstić information content (AvgIpc) is 2.84. The average molecular weight is 442 g/mol. The van der Waals surface area contributed by atoms with E-state index in [9.17, 15) is 10.1 Å². The fourth-order valence-electron chi connectivity index (χ4n) is 5.41. The predicted octanol–water partition coefficient (Wildman–Crippen LogP) is 6.03. The monoisotopic (exact) mass is 441 g/mol. The minimum absolute atomic E-state index is 0.0262. The maximum absolute atomic E-state index is 12.5. The maximum atomic E-state index is 12.5. The number of hydrogen-bond donors (Lipinski definition) is 1. The van der Waals surface area contributed by atoms with Gasteiger partial charge in [-0.15, -0.1) is 0 Å². The normalized spacial score (nSPS) is 17.2. The summed E-state index contributed by atoms with van der Waals surface area (Å²) in [5, 5.41) is 11.2. The fourth-order valence-corrected chi connectivity index (χ4v) is 5.41. The summed E-state index contributed by atoms with van der Waals surface area (Å²) in [6, 6.07) is 23.0. The molecule has 4 heteroatoms. The molecule has 4 rings (SSSR count). The molecular formula is C29H35N3O. The number of hydrogen-bond acceptors (Lipinski definition) is 3. The Morgan fingerprint density at radius 1 is 1.09 bits per heavy atom. The lowest BCUT2D eigenvalue weighted by Crippen LogP contribution is -2.35. The molecule has 3 aromatic rings. The highest BCUT2D eigenvalue weighted by Crippen LogP contribution is 2.38. The number of H-pyrrole nitrogens is 1. The van der Waals surface area contributed by atoms with Crippen LogP contribution in [0.2, 0.25) is 0 Å². The number of piperidine rings is 1. The van der Waals surface area contributed by atoms with Gasteiger partial charge in [0.05, 0.1) is 11.5 Å². The van der Waals surface area contributed by atoms with Gasteiger partial charge >= 0.3 is 0 Å². The zero-order chi connectivity index (χ0) is 23.3. The Labute approximate surface area is 197 Å². The van der Waals surface area contributed by atoms with Gasteiger partial charge in [-0.1, -0.05) is 75.2 Å². The zero-order valence-electron chi connectivity index (χ0n) is 19.9. The van der Waals surface area contributed by atoms with Gasteiger partial charge in [-0.3, -0.25) is 9.69 Å². The van der Waals surface area contributed by atoms with Crippen molar-refractivity contribution in [2.24, 2.45) is 11.8 Å². The molecule has 1 unspecified atom stereocenters. The summed E-state index contributed by atoms with van der Waals surface area (Å²) in [7, 11) is 0. The van der Waals surface area contributed by atoms with Gasteiger partial charge in [0.15, 0.2) is 0 Å². The first-order valence-electron chi connectivity index (χ1n) is 12.3. The summed E-state index contributed by atoms with van der Waals surface area (Å²) in [5.41, 5.74) is 2.52. The van der Waals surface area contributed by atoms with Crippen LogP contribution in [-0.4, -0.2) is 23.0 Å². The number of pyridine rings is 1. The standard InChI is InChI=1S/C29H35N3O/c1-22(2)29(21-30,26-11-4-3-5-12-26)16-8-9-23-14-17-32(18-15-23)20-25-19-24-10-6-7-13-27(24)31-28(25)33/h3-7,10-13,19,22-23H,8-9,14-18,20H2,1-2H3,(H,31,33). The molecule has 172 valence electrons. The number of nitrogens with zero attached hydrogens (tertiary/aromatic N) is 2. The van der Waals surface area contributed by atoms with Crippen molar-refractivity contribution < 1.29 is 0 Å². The Balaban J connectivity index is 1.30. The third kappa shape index (κ3) is 5.20. The van der Waals surface area contributed by atoms with Crippen LogP contribution in [0.4, 0.5) is 0 Å². The Bertz CT molecular complexity index is 1150. The van der Waals surface area contributed by atoms with E-state index in [0.717, 1.165) is 60.8 Å². The summed E-state index contributed by atoms with van der Waals surface area (Å²) in [5.74, 6) is 0.988. The topological polar surface area (TPSA) is 59.9 Å². The molecule has 1 fully saturated rings. The van der Waals surface area contributed by atoms with Crippen molar-refractivity contribution in [3.05, 3.63) is 82.1 Å². The summed E-state index contributed by atoms with van der Waals surface area (Å²) < 4.78 is 0. The van der Waals surface area contributed by atoms with Crippen LogP contribution < -0.4 is 5.56 Å². The van der Waals surface area contributed by atoms with Crippen LogP contribution in [0.5, 0.6) is 0 Å². The molecule has 1 aromatic heterocycles. The molecular weight excluding hydrogens is 406 g/mol. The van der Waals surface area contributed by atoms with Crippen LogP contribution in [0.25, 0.3) is 10.9 Å². The van der Waals surface area contributed by atoms with Gasteiger partial charge in [-0.2, -0.15) is 5.26 Å². The number of likely N-dealkylation sites (tertiary alicyclic amines) is 1. The van der Waals surface area contributed by atoms with Gasteiger partial charge in [-0.25, -0.2) is 0 Å². The lowest BCUT2D eigenvalue weighted by molar-refractivity contribution is 0.168. The molecule has 1 N–H and O–H groups in total. The minimum Gasteiger partial charge on any atom is -0.322 e. The van der Waals surface area contributed by atoms with E-state index >= 15 is 0 Å². The van der Waals surface area contributed by atoms with Gasteiger partial charge in [-0.05, 0) is 67.3 Å². The van der Waals surface area contributed by atoms with Crippen molar-refractivity contribution in [3.8, 4) is 6.07 Å². The first-order valence-corrected chi connectivity index (χ1v) is 12.3. The number of rotatable bonds is 8. The number of nitriles is 1. The molecule has 1 aliphatic heterocycles. The third-order valence-corrected chi connectivity index (χ3v) is 7.59. The van der Waals surface area contributed by atoms with E-state index in [1.165, 1.54) is 6.42 Å². The highest BCUT2D eigenvalue weighted by atomic mass is 16.1. The molecule has 0 amide bonds. The number of benzene rings is 2. The Morgan fingerprint density at radius 2 is 1.79 bits per heavy atom. The molecule has 1 atom stereocenters. The lowest BCUT2D eigenvalue weighted by atomic mass is 9.69. The number of fused-ring (bicyclic) bond motifs is 1. The van der Waals surface area contributed by atoms with E-state index in [4.69, 9.17) is 0 Å². The zero-order valence-corrected chi connectivity index (χ0v) is 19.9. The first kappa shape index (κ1) is 23.3. The molecule has 0 bridgehead atoms. The number of aromatic amines is 1. The number of para-hydroxylation sites is 1. The second-order valence-corrected chi connectivity index (χ2v) is 9.93. The van der Waals surface area contributed by atoms with E-state index in [2.05, 4.69) is 48.0 Å². The van der Waals surface area contributed by atoms with Crippen LogP contribution in [0, 0.1) is 23.2 Å². The van der Waals surface area contributed by atoms with Crippen molar-refractivity contribution >= 4 is 10.9 Å². The predicted molar refractivity (Wildman–Crippen MR) is 135 cm³/mol. The van der Waals surface area contributed by atoms with E-state index in [-0.39, 0.29) is 11.5 Å². The van der Waals surface area contributed by atoms with E-state index in [0.29, 0.717) is 12.5 Å². The highest BCUT2D eigenvalue weighted by molar-refractivity contribution is 5.78. The van der Waals surface area contributed by atoms with Crippen LogP contribution in [0.1, 0.15) is 57.1 Å². The van der Waals surface area contributed by atoms with Crippen molar-refractivity contribution in [3.63, 3.8) is 0 Å². The van der Waals surface area contributed by atoms with Gasteiger partial charge < -0.3 is 4.98 Å². The molecule has 1 saturated heterocycles. The van der Waals surface area contributed by atoms with E-state index in [1.54, 1.807) is 0 Å². The SMILES string of the molecule is CC(C)C(C#N)(CCCC1CCN(Cc2cc3ccccc3[nH]c2=O)CC1)c1ccccc1. The molecule has 0 spiro atoms. The Morgan fingerprint density at radius 3 is 2.48 bits per heavy atom. The first-order chi connectivity index (χ1) is 16.0. The van der Waals surface area contributed by atoms with Gasteiger partial charge in [0, 0.05) is 17.6 Å². The van der Waals surface area contributed by atoms with Crippen molar-refractivity contribution in [2.45, 2.75) is 57.9 Å². The largest absolute Gasteiger partial charge is 0.322 e. The molecule has 0 aliphatic carbocycles. The molecule has 2 aromatic carbocycles. The van der Waals surface area contributed by atoms with E-state index < -0.39 is 5.41 Å². The summed E-state index contributed by atoms with van der Waals surface area (Å²) in [6.07, 6.45) is 5.50. The molecule has 0 saturated carbocycles. The van der Waals surface area contributed by atoms with Crippen molar-refractivity contribution in [1.29, 1.82) is 5.26 Å². The van der Waals surface area contributed by atoms with Gasteiger partial charge in [0.2, 0.25) is 0 Å². The summed E-state index contributed by atoms with van der Waals surface area (Å²) >= 11 is 0. The minimum atomic E-state index is -0.404. The van der Waals surface area contributed by atoms with Gasteiger partial charge in [0.1, 0.15) is 0 Å². The van der Waals surface area contributed by atoms with Crippen LogP contribution in [-0.2, 0) is 12.0 Å². The van der Waals surface area contributed by atoms with E-state index in [1.807, 2.05) is 42.5 Å². The molecule has 33 heavy (non-hydrogen) atoms. The summed E-state index contributed by atoms with van der Waals surface area (Å²) in [6.45, 7) is 7.12. The lowest BCUT2D eigenvalue weighted by Gasteiger charge is -2.34. The number of aromatic nitrogens is 1. The molecule has 0 radical (unpaired) electrons. The molecule has 4 nitrogen and oxygen atoms in total. The highest BCUT2D eigenvalue weighted by Gasteiger charge is 2.35. The van der Waals surface area contributed by atoms with Crippen molar-refractivity contribution in [1.82, 2.24) is 9.88 Å². The second kappa shape index (κ2) is 10.4.